The Hall–Kier alpha value is -1.07. The van der Waals surface area contributed by atoms with Crippen molar-refractivity contribution in [2.24, 2.45) is 0 Å². The topological polar surface area (TPSA) is 58.4 Å². The molecular weight excluding hydrogens is 254 g/mol. The van der Waals surface area contributed by atoms with Gasteiger partial charge in [0.05, 0.1) is 22.8 Å². The molecule has 0 aliphatic rings. The van der Waals surface area contributed by atoms with Gasteiger partial charge in [0.2, 0.25) is 0 Å². The van der Waals surface area contributed by atoms with Crippen molar-refractivity contribution in [2.45, 2.75) is 40.3 Å². The molecule has 0 fully saturated rings. The lowest BCUT2D eigenvalue weighted by atomic mass is 10.3. The summed E-state index contributed by atoms with van der Waals surface area (Å²) in [5.74, 6) is -0.778. The Kier molecular flexibility index (Phi) is 5.62. The maximum atomic E-state index is 10.6. The molecule has 1 aromatic rings. The van der Waals surface area contributed by atoms with E-state index in [9.17, 15) is 4.79 Å². The molecule has 0 saturated carbocycles. The zero-order chi connectivity index (χ0) is 13.7. The van der Waals surface area contributed by atoms with Crippen LogP contribution >= 0.6 is 11.6 Å². The molecular formula is C12H20ClN3O2. The van der Waals surface area contributed by atoms with Gasteiger partial charge >= 0.3 is 5.97 Å². The van der Waals surface area contributed by atoms with Gasteiger partial charge in [-0.05, 0) is 20.4 Å². The summed E-state index contributed by atoms with van der Waals surface area (Å²) >= 11 is 6.23. The van der Waals surface area contributed by atoms with Gasteiger partial charge in [-0.2, -0.15) is 5.10 Å². The van der Waals surface area contributed by atoms with Crippen LogP contribution < -0.4 is 0 Å². The fraction of sp³-hybridized carbons (Fsp3) is 0.667. The van der Waals surface area contributed by atoms with Gasteiger partial charge in [0.15, 0.2) is 0 Å². The minimum Gasteiger partial charge on any atom is -0.481 e. The predicted molar refractivity (Wildman–Crippen MR) is 70.9 cm³/mol. The third-order valence-corrected chi connectivity index (χ3v) is 3.41. The van der Waals surface area contributed by atoms with Crippen LogP contribution in [-0.4, -0.2) is 38.8 Å². The third kappa shape index (κ3) is 3.71. The first kappa shape index (κ1) is 15.0. The van der Waals surface area contributed by atoms with Crippen LogP contribution in [0.2, 0.25) is 5.02 Å². The quantitative estimate of drug-likeness (QED) is 0.827. The van der Waals surface area contributed by atoms with Crippen molar-refractivity contribution in [3.05, 3.63) is 16.4 Å². The Bertz CT molecular complexity index is 418. The number of carboxylic acid groups (broad SMARTS) is 1. The van der Waals surface area contributed by atoms with Crippen molar-refractivity contribution in [1.29, 1.82) is 0 Å². The van der Waals surface area contributed by atoms with Gasteiger partial charge in [0, 0.05) is 19.6 Å². The zero-order valence-electron chi connectivity index (χ0n) is 11.1. The number of carbonyl (C=O) groups is 1. The molecule has 0 radical (unpaired) electrons. The highest BCUT2D eigenvalue weighted by atomic mass is 35.5. The van der Waals surface area contributed by atoms with Crippen LogP contribution in [0, 0.1) is 6.92 Å². The summed E-state index contributed by atoms with van der Waals surface area (Å²) in [6.07, 6.45) is 0.144. The summed E-state index contributed by atoms with van der Waals surface area (Å²) in [5.41, 5.74) is 1.78. The fourth-order valence-electron chi connectivity index (χ4n) is 1.83. The summed E-state index contributed by atoms with van der Waals surface area (Å²) in [7, 11) is 0. The van der Waals surface area contributed by atoms with Crippen molar-refractivity contribution in [3.8, 4) is 0 Å². The van der Waals surface area contributed by atoms with E-state index >= 15 is 0 Å². The van der Waals surface area contributed by atoms with Gasteiger partial charge in [0.1, 0.15) is 0 Å². The number of nitrogens with zero attached hydrogens (tertiary/aromatic N) is 3. The first-order valence-electron chi connectivity index (χ1n) is 6.15. The molecule has 0 atom stereocenters. The lowest BCUT2D eigenvalue weighted by molar-refractivity contribution is -0.137. The van der Waals surface area contributed by atoms with Crippen LogP contribution in [0.4, 0.5) is 0 Å². The fourth-order valence-corrected chi connectivity index (χ4v) is 2.03. The molecule has 0 aliphatic carbocycles. The van der Waals surface area contributed by atoms with Crippen LogP contribution in [0.25, 0.3) is 0 Å². The summed E-state index contributed by atoms with van der Waals surface area (Å²) in [4.78, 5) is 12.7. The van der Waals surface area contributed by atoms with Crippen molar-refractivity contribution >= 4 is 17.6 Å². The molecule has 1 heterocycles. The van der Waals surface area contributed by atoms with Crippen LogP contribution in [0.15, 0.2) is 0 Å². The van der Waals surface area contributed by atoms with E-state index in [4.69, 9.17) is 16.7 Å². The molecule has 1 rings (SSSR count). The maximum absolute atomic E-state index is 10.6. The Labute approximate surface area is 112 Å². The van der Waals surface area contributed by atoms with Crippen molar-refractivity contribution in [3.63, 3.8) is 0 Å². The van der Waals surface area contributed by atoms with Crippen molar-refractivity contribution < 1.29 is 9.90 Å². The standard InChI is InChI=1S/C12H20ClN3O2/c1-4-15(7-6-11(17)18)8-10-12(13)9(3)14-16(10)5-2/h4-8H2,1-3H3,(H,17,18). The van der Waals surface area contributed by atoms with Crippen LogP contribution in [0.5, 0.6) is 0 Å². The van der Waals surface area contributed by atoms with Crippen molar-refractivity contribution in [2.75, 3.05) is 13.1 Å². The van der Waals surface area contributed by atoms with Gasteiger partial charge in [-0.1, -0.05) is 18.5 Å². The molecule has 102 valence electrons. The summed E-state index contributed by atoms with van der Waals surface area (Å²) in [6.45, 7) is 8.62. The first-order valence-corrected chi connectivity index (χ1v) is 6.53. The van der Waals surface area contributed by atoms with Crippen LogP contribution in [0.3, 0.4) is 0 Å². The minimum absolute atomic E-state index is 0.144. The van der Waals surface area contributed by atoms with Crippen LogP contribution in [-0.2, 0) is 17.9 Å². The molecule has 1 aromatic heterocycles. The van der Waals surface area contributed by atoms with E-state index < -0.39 is 5.97 Å². The zero-order valence-corrected chi connectivity index (χ0v) is 11.9. The van der Waals surface area contributed by atoms with Gasteiger partial charge in [0.25, 0.3) is 0 Å². The first-order chi connectivity index (χ1) is 8.49. The maximum Gasteiger partial charge on any atom is 0.304 e. The summed E-state index contributed by atoms with van der Waals surface area (Å²) in [6, 6.07) is 0. The molecule has 0 spiro atoms. The molecule has 0 aliphatic heterocycles. The normalized spacial score (nSPS) is 11.2. The molecule has 0 unspecified atom stereocenters. The second-order valence-electron chi connectivity index (χ2n) is 4.17. The van der Waals surface area contributed by atoms with Gasteiger partial charge in [-0.25, -0.2) is 0 Å². The number of aliphatic carboxylic acids is 1. The van der Waals surface area contributed by atoms with Crippen LogP contribution in [0.1, 0.15) is 31.7 Å². The Morgan fingerprint density at radius 1 is 1.50 bits per heavy atom. The van der Waals surface area contributed by atoms with Gasteiger partial charge in [-0.3, -0.25) is 14.4 Å². The highest BCUT2D eigenvalue weighted by Crippen LogP contribution is 2.21. The summed E-state index contributed by atoms with van der Waals surface area (Å²) < 4.78 is 1.88. The van der Waals surface area contributed by atoms with Crippen molar-refractivity contribution in [1.82, 2.24) is 14.7 Å². The molecule has 0 saturated heterocycles. The third-order valence-electron chi connectivity index (χ3n) is 2.92. The molecule has 0 bridgehead atoms. The largest absolute Gasteiger partial charge is 0.481 e. The highest BCUT2D eigenvalue weighted by molar-refractivity contribution is 6.31. The van der Waals surface area contributed by atoms with E-state index in [0.29, 0.717) is 18.1 Å². The monoisotopic (exact) mass is 273 g/mol. The summed E-state index contributed by atoms with van der Waals surface area (Å²) in [5, 5.41) is 13.8. The smallest absolute Gasteiger partial charge is 0.304 e. The minimum atomic E-state index is -0.778. The van der Waals surface area contributed by atoms with E-state index in [2.05, 4.69) is 10.00 Å². The van der Waals surface area contributed by atoms with E-state index in [1.54, 1.807) is 0 Å². The number of halogens is 1. The molecule has 5 nitrogen and oxygen atoms in total. The molecule has 0 amide bonds. The second-order valence-corrected chi connectivity index (χ2v) is 4.55. The SMILES string of the molecule is CCN(CCC(=O)O)Cc1c(Cl)c(C)nn1CC. The van der Waals surface area contributed by atoms with E-state index in [0.717, 1.165) is 24.5 Å². The lowest BCUT2D eigenvalue weighted by Crippen LogP contribution is -2.27. The number of aromatic nitrogens is 2. The number of aryl methyl sites for hydroxylation is 2. The Balaban J connectivity index is 2.77. The van der Waals surface area contributed by atoms with Gasteiger partial charge in [-0.15, -0.1) is 0 Å². The average molecular weight is 274 g/mol. The van der Waals surface area contributed by atoms with E-state index in [1.807, 2.05) is 25.5 Å². The Morgan fingerprint density at radius 2 is 2.17 bits per heavy atom. The molecule has 1 N–H and O–H groups in total. The lowest BCUT2D eigenvalue weighted by Gasteiger charge is -2.20. The number of carboxylic acids is 1. The average Bonchev–Trinajstić information content (AvgIpc) is 2.61. The second kappa shape index (κ2) is 6.75. The van der Waals surface area contributed by atoms with E-state index in [-0.39, 0.29) is 6.42 Å². The molecule has 18 heavy (non-hydrogen) atoms. The van der Waals surface area contributed by atoms with E-state index in [1.165, 1.54) is 0 Å². The highest BCUT2D eigenvalue weighted by Gasteiger charge is 2.15. The predicted octanol–water partition coefficient (Wildman–Crippen LogP) is 2.16. The number of rotatable bonds is 7. The van der Waals surface area contributed by atoms with Gasteiger partial charge < -0.3 is 5.11 Å². The number of hydrogen-bond acceptors (Lipinski definition) is 3. The number of hydrogen-bond donors (Lipinski definition) is 1. The Morgan fingerprint density at radius 3 is 2.67 bits per heavy atom. The molecule has 0 aromatic carbocycles. The molecule has 6 heteroatoms.